The fourth-order valence-electron chi connectivity index (χ4n) is 1.12. The number of nitrogens with zero attached hydrogens (tertiary/aromatic N) is 2. The Balaban J connectivity index is 2.72. The van der Waals surface area contributed by atoms with Gasteiger partial charge in [0.2, 0.25) is 11.8 Å². The molecule has 1 aromatic heterocycles. The second-order valence-corrected chi connectivity index (χ2v) is 3.94. The zero-order valence-corrected chi connectivity index (χ0v) is 10.8. The van der Waals surface area contributed by atoms with Crippen molar-refractivity contribution in [1.29, 1.82) is 0 Å². The van der Waals surface area contributed by atoms with Gasteiger partial charge >= 0.3 is 0 Å². The van der Waals surface area contributed by atoms with Crippen molar-refractivity contribution in [3.05, 3.63) is 10.7 Å². The van der Waals surface area contributed by atoms with Crippen molar-refractivity contribution >= 4 is 21.9 Å². The van der Waals surface area contributed by atoms with Gasteiger partial charge in [0, 0.05) is 13.7 Å². The van der Waals surface area contributed by atoms with Crippen LogP contribution in [0, 0.1) is 0 Å². The standard InChI is InChI=1S/C9H15BrN4O2/c1-15-5-6(3-11)13-9-12-4-7(10)8(14-9)16-2/h4,6H,3,5,11H2,1-2H3,(H,12,13,14). The van der Waals surface area contributed by atoms with Gasteiger partial charge in [-0.1, -0.05) is 0 Å². The van der Waals surface area contributed by atoms with Gasteiger partial charge in [-0.3, -0.25) is 0 Å². The summed E-state index contributed by atoms with van der Waals surface area (Å²) in [5.74, 6) is 0.943. The molecule has 3 N–H and O–H groups in total. The van der Waals surface area contributed by atoms with E-state index in [1.165, 1.54) is 0 Å². The summed E-state index contributed by atoms with van der Waals surface area (Å²) in [6.07, 6.45) is 1.62. The minimum Gasteiger partial charge on any atom is -0.480 e. The lowest BCUT2D eigenvalue weighted by atomic mass is 10.3. The number of anilines is 1. The summed E-state index contributed by atoms with van der Waals surface area (Å²) in [7, 11) is 3.17. The van der Waals surface area contributed by atoms with Gasteiger partial charge in [-0.05, 0) is 15.9 Å². The molecule has 1 rings (SSSR count). The SMILES string of the molecule is COCC(CN)Nc1ncc(Br)c(OC)n1. The lowest BCUT2D eigenvalue weighted by Crippen LogP contribution is -2.33. The molecule has 1 aromatic rings. The summed E-state index contributed by atoms with van der Waals surface area (Å²) in [5.41, 5.74) is 5.57. The fourth-order valence-corrected chi connectivity index (χ4v) is 1.47. The molecular formula is C9H15BrN4O2. The molecule has 90 valence electrons. The Bertz CT molecular complexity index is 337. The minimum absolute atomic E-state index is 0.0177. The van der Waals surface area contributed by atoms with Crippen molar-refractivity contribution in [2.24, 2.45) is 5.73 Å². The van der Waals surface area contributed by atoms with Crippen LogP contribution in [0.25, 0.3) is 0 Å². The van der Waals surface area contributed by atoms with E-state index < -0.39 is 0 Å². The molecule has 0 aliphatic rings. The van der Waals surface area contributed by atoms with Crippen molar-refractivity contribution in [1.82, 2.24) is 9.97 Å². The van der Waals surface area contributed by atoms with Crippen molar-refractivity contribution in [3.8, 4) is 5.88 Å². The highest BCUT2D eigenvalue weighted by Gasteiger charge is 2.10. The number of methoxy groups -OCH3 is 2. The van der Waals surface area contributed by atoms with Gasteiger partial charge in [-0.25, -0.2) is 4.98 Å². The second kappa shape index (κ2) is 6.62. The minimum atomic E-state index is -0.0177. The Morgan fingerprint density at radius 1 is 1.56 bits per heavy atom. The van der Waals surface area contributed by atoms with Crippen LogP contribution in [0.5, 0.6) is 5.88 Å². The van der Waals surface area contributed by atoms with E-state index in [2.05, 4.69) is 31.2 Å². The molecule has 0 fully saturated rings. The first kappa shape index (κ1) is 13.1. The number of hydrogen-bond acceptors (Lipinski definition) is 6. The third-order valence-corrected chi connectivity index (χ3v) is 2.43. The average molecular weight is 291 g/mol. The van der Waals surface area contributed by atoms with Crippen molar-refractivity contribution in [2.45, 2.75) is 6.04 Å². The molecule has 6 nitrogen and oxygen atoms in total. The largest absolute Gasteiger partial charge is 0.480 e. The van der Waals surface area contributed by atoms with Gasteiger partial charge in [-0.15, -0.1) is 0 Å². The lowest BCUT2D eigenvalue weighted by Gasteiger charge is -2.15. The second-order valence-electron chi connectivity index (χ2n) is 3.08. The Morgan fingerprint density at radius 3 is 2.88 bits per heavy atom. The molecule has 1 atom stereocenters. The highest BCUT2D eigenvalue weighted by Crippen LogP contribution is 2.21. The summed E-state index contributed by atoms with van der Waals surface area (Å²) in [6.45, 7) is 0.938. The molecule has 0 saturated carbocycles. The third kappa shape index (κ3) is 3.58. The van der Waals surface area contributed by atoms with E-state index in [1.807, 2.05) is 0 Å². The zero-order chi connectivity index (χ0) is 12.0. The summed E-state index contributed by atoms with van der Waals surface area (Å²) in [4.78, 5) is 8.26. The van der Waals surface area contributed by atoms with Crippen LogP contribution < -0.4 is 15.8 Å². The van der Waals surface area contributed by atoms with Crippen molar-refractivity contribution < 1.29 is 9.47 Å². The van der Waals surface area contributed by atoms with Crippen LogP contribution in [0.15, 0.2) is 10.7 Å². The number of hydrogen-bond donors (Lipinski definition) is 2. The molecule has 0 radical (unpaired) electrons. The predicted octanol–water partition coefficient (Wildman–Crippen LogP) is 0.633. The van der Waals surface area contributed by atoms with Gasteiger partial charge in [-0.2, -0.15) is 4.98 Å². The number of rotatable bonds is 6. The number of nitrogens with one attached hydrogen (secondary N) is 1. The molecule has 0 aliphatic heterocycles. The molecular weight excluding hydrogens is 276 g/mol. The number of ether oxygens (including phenoxy) is 2. The number of halogens is 1. The van der Waals surface area contributed by atoms with Gasteiger partial charge in [0.15, 0.2) is 0 Å². The maximum absolute atomic E-state index is 5.57. The summed E-state index contributed by atoms with van der Waals surface area (Å²) >= 11 is 3.28. The first-order valence-corrected chi connectivity index (χ1v) is 5.52. The molecule has 0 bridgehead atoms. The molecule has 0 spiro atoms. The number of aromatic nitrogens is 2. The van der Waals surface area contributed by atoms with Crippen molar-refractivity contribution in [3.63, 3.8) is 0 Å². The quantitative estimate of drug-likeness (QED) is 0.800. The molecule has 1 unspecified atom stereocenters. The van der Waals surface area contributed by atoms with Crippen LogP contribution in [0.1, 0.15) is 0 Å². The van der Waals surface area contributed by atoms with E-state index in [9.17, 15) is 0 Å². The van der Waals surface area contributed by atoms with E-state index in [0.717, 1.165) is 0 Å². The maximum Gasteiger partial charge on any atom is 0.232 e. The third-order valence-electron chi connectivity index (χ3n) is 1.89. The summed E-state index contributed by atoms with van der Waals surface area (Å²) in [6, 6.07) is -0.0177. The molecule has 1 heterocycles. The van der Waals surface area contributed by atoms with Crippen molar-refractivity contribution in [2.75, 3.05) is 32.7 Å². The topological polar surface area (TPSA) is 82.3 Å². The Kier molecular flexibility index (Phi) is 5.44. The molecule has 0 amide bonds. The van der Waals surface area contributed by atoms with Gasteiger partial charge in [0.1, 0.15) is 0 Å². The number of nitrogens with two attached hydrogens (primary N) is 1. The van der Waals surface area contributed by atoms with Crippen LogP contribution in [0.4, 0.5) is 5.95 Å². The lowest BCUT2D eigenvalue weighted by molar-refractivity contribution is 0.187. The van der Waals surface area contributed by atoms with E-state index >= 15 is 0 Å². The monoisotopic (exact) mass is 290 g/mol. The van der Waals surface area contributed by atoms with E-state index in [-0.39, 0.29) is 6.04 Å². The smallest absolute Gasteiger partial charge is 0.232 e. The van der Waals surface area contributed by atoms with Crippen LogP contribution in [-0.4, -0.2) is 43.4 Å². The maximum atomic E-state index is 5.57. The first-order chi connectivity index (χ1) is 7.71. The fraction of sp³-hybridized carbons (Fsp3) is 0.556. The van der Waals surface area contributed by atoms with Crippen LogP contribution >= 0.6 is 15.9 Å². The average Bonchev–Trinajstić information content (AvgIpc) is 2.30. The Labute approximate surface area is 103 Å². The van der Waals surface area contributed by atoms with Crippen LogP contribution in [0.2, 0.25) is 0 Å². The zero-order valence-electron chi connectivity index (χ0n) is 9.24. The Morgan fingerprint density at radius 2 is 2.31 bits per heavy atom. The highest BCUT2D eigenvalue weighted by molar-refractivity contribution is 9.10. The molecule has 0 saturated heterocycles. The van der Waals surface area contributed by atoms with Gasteiger partial charge in [0.05, 0.1) is 30.4 Å². The van der Waals surface area contributed by atoms with Gasteiger partial charge in [0.25, 0.3) is 0 Å². The molecule has 7 heteroatoms. The molecule has 0 aromatic carbocycles. The van der Waals surface area contributed by atoms with Crippen LogP contribution in [-0.2, 0) is 4.74 Å². The summed E-state index contributed by atoms with van der Waals surface area (Å²) < 4.78 is 10.8. The normalized spacial score (nSPS) is 12.2. The first-order valence-electron chi connectivity index (χ1n) is 4.73. The summed E-state index contributed by atoms with van der Waals surface area (Å²) in [5, 5.41) is 3.06. The highest BCUT2D eigenvalue weighted by atomic mass is 79.9. The van der Waals surface area contributed by atoms with Gasteiger partial charge < -0.3 is 20.5 Å². The molecule has 16 heavy (non-hydrogen) atoms. The van der Waals surface area contributed by atoms with E-state index in [0.29, 0.717) is 29.5 Å². The Hall–Kier alpha value is -0.920. The van der Waals surface area contributed by atoms with Crippen LogP contribution in [0.3, 0.4) is 0 Å². The van der Waals surface area contributed by atoms with E-state index in [1.54, 1.807) is 20.4 Å². The molecule has 0 aliphatic carbocycles. The van der Waals surface area contributed by atoms with E-state index in [4.69, 9.17) is 15.2 Å². The predicted molar refractivity (Wildman–Crippen MR) is 64.6 cm³/mol.